The van der Waals surface area contributed by atoms with Crippen LogP contribution < -0.4 is 30.2 Å². The summed E-state index contributed by atoms with van der Waals surface area (Å²) >= 11 is 6.24. The molecule has 3 N–H and O–H groups in total. The summed E-state index contributed by atoms with van der Waals surface area (Å²) in [5, 5.41) is 7.68. The van der Waals surface area contributed by atoms with E-state index in [1.54, 1.807) is 12.1 Å². The molecule has 12 heteroatoms. The van der Waals surface area contributed by atoms with Crippen LogP contribution in [0.5, 0.6) is 23.0 Å². The van der Waals surface area contributed by atoms with Gasteiger partial charge in [-0.1, -0.05) is 11.6 Å². The van der Waals surface area contributed by atoms with Crippen molar-refractivity contribution >= 4 is 34.9 Å². The number of aromatic nitrogens is 1. The van der Waals surface area contributed by atoms with Gasteiger partial charge in [0, 0.05) is 37.1 Å². The molecule has 3 aromatic rings. The number of amides is 3. The van der Waals surface area contributed by atoms with Crippen LogP contribution in [0.4, 0.5) is 25.0 Å². The number of hydrogen-bond donors (Lipinski definition) is 3. The Morgan fingerprint density at radius 1 is 1.00 bits per heavy atom. The molecule has 2 heterocycles. The molecule has 33 heavy (non-hydrogen) atoms. The molecule has 3 amide bonds. The number of nitrogens with zero attached hydrogens (tertiary/aromatic N) is 1. The van der Waals surface area contributed by atoms with Gasteiger partial charge in [0.2, 0.25) is 0 Å². The van der Waals surface area contributed by atoms with Crippen LogP contribution in [0.2, 0.25) is 5.02 Å². The summed E-state index contributed by atoms with van der Waals surface area (Å²) < 4.78 is 40.6. The van der Waals surface area contributed by atoms with E-state index in [0.29, 0.717) is 11.5 Å². The van der Waals surface area contributed by atoms with Crippen molar-refractivity contribution < 1.29 is 32.6 Å². The third kappa shape index (κ3) is 5.21. The lowest BCUT2D eigenvalue weighted by Gasteiger charge is -2.11. The van der Waals surface area contributed by atoms with Gasteiger partial charge in [0.25, 0.3) is 5.91 Å². The SMILES string of the molecule is CNC(=O)c1cc(Oc2ccc(NC(=O)Nc3ccc4c(c3)OC(F)(F)O4)c(Cl)c2)ccn1. The van der Waals surface area contributed by atoms with Gasteiger partial charge >= 0.3 is 12.3 Å². The first-order valence-corrected chi connectivity index (χ1v) is 9.74. The molecule has 1 aliphatic heterocycles. The van der Waals surface area contributed by atoms with Gasteiger partial charge < -0.3 is 30.2 Å². The van der Waals surface area contributed by atoms with Crippen LogP contribution in [0.15, 0.2) is 54.7 Å². The molecule has 0 saturated carbocycles. The van der Waals surface area contributed by atoms with Gasteiger partial charge in [-0.25, -0.2) is 4.79 Å². The number of anilines is 2. The Hall–Kier alpha value is -4.12. The summed E-state index contributed by atoms with van der Waals surface area (Å²) in [4.78, 5) is 27.9. The molecular formula is C21H15ClF2N4O5. The predicted octanol–water partition coefficient (Wildman–Crippen LogP) is 4.85. The monoisotopic (exact) mass is 476 g/mol. The summed E-state index contributed by atoms with van der Waals surface area (Å²) in [5.74, 6) is 0.0256. The fraction of sp³-hybridized carbons (Fsp3) is 0.0952. The van der Waals surface area contributed by atoms with Crippen molar-refractivity contribution in [3.8, 4) is 23.0 Å². The maximum atomic E-state index is 13.1. The molecule has 0 radical (unpaired) electrons. The minimum atomic E-state index is -3.75. The fourth-order valence-electron chi connectivity index (χ4n) is 2.84. The minimum Gasteiger partial charge on any atom is -0.457 e. The summed E-state index contributed by atoms with van der Waals surface area (Å²) in [7, 11) is 1.49. The number of urea groups is 1. The van der Waals surface area contributed by atoms with Gasteiger partial charge in [-0.05, 0) is 30.3 Å². The number of carbonyl (C=O) groups excluding carboxylic acids is 2. The number of alkyl halides is 2. The van der Waals surface area contributed by atoms with E-state index in [0.717, 1.165) is 0 Å². The Balaban J connectivity index is 1.40. The quantitative estimate of drug-likeness (QED) is 0.485. The van der Waals surface area contributed by atoms with Crippen LogP contribution in [0.1, 0.15) is 10.5 Å². The van der Waals surface area contributed by atoms with Crippen LogP contribution in [0.25, 0.3) is 0 Å². The lowest BCUT2D eigenvalue weighted by molar-refractivity contribution is -0.286. The van der Waals surface area contributed by atoms with Crippen molar-refractivity contribution in [2.75, 3.05) is 17.7 Å². The summed E-state index contributed by atoms with van der Waals surface area (Å²) in [5.41, 5.74) is 0.658. The van der Waals surface area contributed by atoms with E-state index in [9.17, 15) is 18.4 Å². The zero-order valence-corrected chi connectivity index (χ0v) is 17.6. The highest BCUT2D eigenvalue weighted by molar-refractivity contribution is 6.34. The minimum absolute atomic E-state index is 0.138. The molecule has 0 aliphatic carbocycles. The number of carbonyl (C=O) groups is 2. The number of halogens is 3. The fourth-order valence-corrected chi connectivity index (χ4v) is 3.05. The van der Waals surface area contributed by atoms with E-state index in [4.69, 9.17) is 16.3 Å². The highest BCUT2D eigenvalue weighted by Gasteiger charge is 2.43. The molecule has 1 aromatic heterocycles. The second-order valence-corrected chi connectivity index (χ2v) is 7.01. The molecule has 0 atom stereocenters. The number of ether oxygens (including phenoxy) is 3. The Labute approximate surface area is 190 Å². The number of benzene rings is 2. The molecular weight excluding hydrogens is 462 g/mol. The standard InChI is InChI=1S/C21H15ClF2N4O5/c1-25-19(29)16-10-13(6-7-26-16)31-12-3-4-15(14(22)9-12)28-20(30)27-11-2-5-17-18(8-11)33-21(23,24)32-17/h2-10H,1H3,(H,25,29)(H2,27,28,30). The van der Waals surface area contributed by atoms with Crippen molar-refractivity contribution in [1.29, 1.82) is 0 Å². The number of pyridine rings is 1. The van der Waals surface area contributed by atoms with Crippen LogP contribution in [0.3, 0.4) is 0 Å². The Kier molecular flexibility index (Phi) is 5.88. The highest BCUT2D eigenvalue weighted by atomic mass is 35.5. The van der Waals surface area contributed by atoms with Crippen LogP contribution in [-0.2, 0) is 0 Å². The van der Waals surface area contributed by atoms with Gasteiger partial charge in [0.05, 0.1) is 10.7 Å². The van der Waals surface area contributed by atoms with Gasteiger partial charge in [-0.15, -0.1) is 8.78 Å². The zero-order chi connectivity index (χ0) is 23.6. The van der Waals surface area contributed by atoms with Crippen LogP contribution >= 0.6 is 11.6 Å². The first-order chi connectivity index (χ1) is 15.7. The maximum absolute atomic E-state index is 13.1. The normalized spacial score (nSPS) is 13.2. The van der Waals surface area contributed by atoms with E-state index < -0.39 is 12.3 Å². The number of hydrogen-bond acceptors (Lipinski definition) is 6. The average Bonchev–Trinajstić information content (AvgIpc) is 3.08. The van der Waals surface area contributed by atoms with Crippen molar-refractivity contribution in [2.24, 2.45) is 0 Å². The second kappa shape index (κ2) is 8.79. The average molecular weight is 477 g/mol. The molecule has 4 rings (SSSR count). The Bertz CT molecular complexity index is 1240. The summed E-state index contributed by atoms with van der Waals surface area (Å²) in [6.45, 7) is 0. The summed E-state index contributed by atoms with van der Waals surface area (Å²) in [6.07, 6.45) is -2.32. The van der Waals surface area contributed by atoms with Crippen molar-refractivity contribution in [2.45, 2.75) is 6.29 Å². The molecule has 1 aliphatic rings. The lowest BCUT2D eigenvalue weighted by Crippen LogP contribution is -2.25. The molecule has 0 fully saturated rings. The van der Waals surface area contributed by atoms with E-state index in [1.807, 2.05) is 0 Å². The zero-order valence-electron chi connectivity index (χ0n) is 16.8. The van der Waals surface area contributed by atoms with Gasteiger partial charge in [-0.2, -0.15) is 0 Å². The van der Waals surface area contributed by atoms with Crippen molar-refractivity contribution in [1.82, 2.24) is 10.3 Å². The van der Waals surface area contributed by atoms with Crippen LogP contribution in [-0.4, -0.2) is 30.3 Å². The first-order valence-electron chi connectivity index (χ1n) is 9.36. The second-order valence-electron chi connectivity index (χ2n) is 6.61. The molecule has 0 bridgehead atoms. The molecule has 170 valence electrons. The Morgan fingerprint density at radius 2 is 1.76 bits per heavy atom. The molecule has 0 spiro atoms. The van der Waals surface area contributed by atoms with E-state index >= 15 is 0 Å². The number of fused-ring (bicyclic) bond motifs is 1. The predicted molar refractivity (Wildman–Crippen MR) is 114 cm³/mol. The maximum Gasteiger partial charge on any atom is 0.586 e. The molecule has 2 aromatic carbocycles. The third-order valence-electron chi connectivity index (χ3n) is 4.27. The van der Waals surface area contributed by atoms with Crippen LogP contribution in [0, 0.1) is 0 Å². The van der Waals surface area contributed by atoms with Gasteiger partial charge in [0.1, 0.15) is 17.2 Å². The lowest BCUT2D eigenvalue weighted by atomic mass is 10.2. The molecule has 9 nitrogen and oxygen atoms in total. The molecule has 0 unspecified atom stereocenters. The first kappa shape index (κ1) is 22.1. The summed E-state index contributed by atoms with van der Waals surface area (Å²) in [6, 6.07) is 10.7. The number of rotatable bonds is 5. The molecule has 0 saturated heterocycles. The third-order valence-corrected chi connectivity index (χ3v) is 4.59. The van der Waals surface area contributed by atoms with Gasteiger partial charge in [-0.3, -0.25) is 9.78 Å². The number of nitrogens with one attached hydrogen (secondary N) is 3. The van der Waals surface area contributed by atoms with E-state index in [1.165, 1.54) is 49.6 Å². The van der Waals surface area contributed by atoms with Gasteiger partial charge in [0.15, 0.2) is 11.5 Å². The smallest absolute Gasteiger partial charge is 0.457 e. The van der Waals surface area contributed by atoms with E-state index in [-0.39, 0.29) is 39.5 Å². The van der Waals surface area contributed by atoms with Crippen molar-refractivity contribution in [3.63, 3.8) is 0 Å². The largest absolute Gasteiger partial charge is 0.586 e. The van der Waals surface area contributed by atoms with E-state index in [2.05, 4.69) is 30.4 Å². The Morgan fingerprint density at radius 3 is 2.52 bits per heavy atom. The van der Waals surface area contributed by atoms with Crippen molar-refractivity contribution in [3.05, 3.63) is 65.4 Å². The topological polar surface area (TPSA) is 111 Å². The highest BCUT2D eigenvalue weighted by Crippen LogP contribution is 2.42.